The Kier molecular flexibility index (Phi) is 4.13. The number of amides is 4. The van der Waals surface area contributed by atoms with Crippen LogP contribution in [0.15, 0.2) is 29.2 Å². The van der Waals surface area contributed by atoms with Gasteiger partial charge in [-0.15, -0.1) is 11.8 Å². The number of urea groups is 1. The number of nitrogens with zero attached hydrogens (tertiary/aromatic N) is 2. The molecule has 0 bridgehead atoms. The Morgan fingerprint density at radius 3 is 2.10 bits per heavy atom. The number of benzene rings is 1. The molecule has 0 radical (unpaired) electrons. The van der Waals surface area contributed by atoms with Crippen LogP contribution in [0.3, 0.4) is 0 Å². The maximum absolute atomic E-state index is 12.1. The zero-order chi connectivity index (χ0) is 14.9. The Hall–Kier alpha value is -1.82. The molecule has 0 aromatic heterocycles. The first-order chi connectivity index (χ1) is 9.45. The lowest BCUT2D eigenvalue weighted by atomic mass is 10.2. The van der Waals surface area contributed by atoms with E-state index in [1.54, 1.807) is 25.6 Å². The molecule has 1 aromatic carbocycles. The average molecular weight is 292 g/mol. The smallest absolute Gasteiger partial charge is 0.263 e. The van der Waals surface area contributed by atoms with E-state index >= 15 is 0 Å². The largest absolute Gasteiger partial charge is 0.334 e. The summed E-state index contributed by atoms with van der Waals surface area (Å²) in [6, 6.07) is 6.70. The summed E-state index contributed by atoms with van der Waals surface area (Å²) in [5.41, 5.74) is 0.822. The van der Waals surface area contributed by atoms with Crippen molar-refractivity contribution >= 4 is 29.6 Å². The van der Waals surface area contributed by atoms with Crippen LogP contribution in [0.25, 0.3) is 0 Å². The van der Waals surface area contributed by atoms with Gasteiger partial charge in [0.1, 0.15) is 0 Å². The third-order valence-electron chi connectivity index (χ3n) is 3.10. The van der Waals surface area contributed by atoms with Crippen LogP contribution in [-0.2, 0) is 16.1 Å². The van der Waals surface area contributed by atoms with Crippen molar-refractivity contribution in [1.29, 1.82) is 0 Å². The maximum atomic E-state index is 12.1. The number of imide groups is 2. The van der Waals surface area contributed by atoms with Gasteiger partial charge < -0.3 is 0 Å². The fourth-order valence-electron chi connectivity index (χ4n) is 2.03. The van der Waals surface area contributed by atoms with Gasteiger partial charge in [-0.25, -0.2) is 4.79 Å². The number of hydrogen-bond acceptors (Lipinski definition) is 4. The second-order valence-electron chi connectivity index (χ2n) is 4.79. The van der Waals surface area contributed by atoms with Gasteiger partial charge in [-0.05, 0) is 37.8 Å². The third kappa shape index (κ3) is 2.56. The molecule has 0 spiro atoms. The summed E-state index contributed by atoms with van der Waals surface area (Å²) in [6.45, 7) is 3.54. The quantitative estimate of drug-likeness (QED) is 0.484. The van der Waals surface area contributed by atoms with Crippen molar-refractivity contribution in [3.63, 3.8) is 0 Å². The molecule has 6 heteroatoms. The molecule has 2 rings (SSSR count). The lowest BCUT2D eigenvalue weighted by molar-refractivity contribution is -0.144. The van der Waals surface area contributed by atoms with Crippen LogP contribution in [0, 0.1) is 0 Å². The van der Waals surface area contributed by atoms with Crippen molar-refractivity contribution in [1.82, 2.24) is 9.80 Å². The highest BCUT2D eigenvalue weighted by Gasteiger charge is 2.45. The Balaban J connectivity index is 2.18. The minimum absolute atomic E-state index is 0.126. The van der Waals surface area contributed by atoms with E-state index in [1.807, 2.05) is 30.5 Å². The molecule has 1 fully saturated rings. The summed E-state index contributed by atoms with van der Waals surface area (Å²) >= 11 is 1.62. The molecule has 0 N–H and O–H groups in total. The van der Waals surface area contributed by atoms with E-state index in [0.717, 1.165) is 20.3 Å². The lowest BCUT2D eigenvalue weighted by Crippen LogP contribution is -2.37. The van der Waals surface area contributed by atoms with Crippen molar-refractivity contribution in [3.05, 3.63) is 29.8 Å². The number of carbonyl (C=O) groups is 3. The fourth-order valence-corrected chi connectivity index (χ4v) is 2.44. The van der Waals surface area contributed by atoms with Gasteiger partial charge in [-0.3, -0.25) is 19.4 Å². The highest BCUT2D eigenvalue weighted by atomic mass is 32.2. The van der Waals surface area contributed by atoms with Gasteiger partial charge in [0.2, 0.25) is 0 Å². The van der Waals surface area contributed by atoms with Gasteiger partial charge in [0.25, 0.3) is 0 Å². The van der Waals surface area contributed by atoms with Crippen LogP contribution in [0.4, 0.5) is 4.79 Å². The molecule has 0 saturated carbocycles. The highest BCUT2D eigenvalue weighted by Crippen LogP contribution is 2.20. The van der Waals surface area contributed by atoms with E-state index in [4.69, 9.17) is 0 Å². The molecule has 4 amide bonds. The van der Waals surface area contributed by atoms with E-state index in [2.05, 4.69) is 0 Å². The first kappa shape index (κ1) is 14.6. The molecule has 1 aliphatic rings. The Morgan fingerprint density at radius 2 is 1.65 bits per heavy atom. The normalized spacial score (nSPS) is 15.7. The van der Waals surface area contributed by atoms with Gasteiger partial charge in [0.05, 0.1) is 6.54 Å². The van der Waals surface area contributed by atoms with E-state index < -0.39 is 17.8 Å². The zero-order valence-corrected chi connectivity index (χ0v) is 12.4. The second kappa shape index (κ2) is 5.66. The predicted octanol–water partition coefficient (Wildman–Crippen LogP) is 2.11. The number of carbonyl (C=O) groups excluding carboxylic acids is 3. The van der Waals surface area contributed by atoms with Crippen molar-refractivity contribution < 1.29 is 14.4 Å². The molecular formula is C14H16N2O3S. The topological polar surface area (TPSA) is 57.7 Å². The van der Waals surface area contributed by atoms with Crippen LogP contribution in [0.5, 0.6) is 0 Å². The highest BCUT2D eigenvalue weighted by molar-refractivity contribution is 7.98. The molecule has 20 heavy (non-hydrogen) atoms. The summed E-state index contributed by atoms with van der Waals surface area (Å²) < 4.78 is 0. The van der Waals surface area contributed by atoms with Crippen LogP contribution in [0.1, 0.15) is 19.4 Å². The van der Waals surface area contributed by atoms with E-state index in [0.29, 0.717) is 0 Å². The molecule has 0 unspecified atom stereocenters. The van der Waals surface area contributed by atoms with Gasteiger partial charge >= 0.3 is 17.8 Å². The van der Waals surface area contributed by atoms with Crippen molar-refractivity contribution in [2.75, 3.05) is 6.26 Å². The monoisotopic (exact) mass is 292 g/mol. The molecule has 1 saturated heterocycles. The average Bonchev–Trinajstić information content (AvgIpc) is 2.63. The maximum Gasteiger partial charge on any atom is 0.334 e. The molecule has 1 aliphatic heterocycles. The molecule has 0 atom stereocenters. The third-order valence-corrected chi connectivity index (χ3v) is 3.84. The van der Waals surface area contributed by atoms with E-state index in [9.17, 15) is 14.4 Å². The van der Waals surface area contributed by atoms with Crippen LogP contribution < -0.4 is 0 Å². The van der Waals surface area contributed by atoms with Gasteiger partial charge in [-0.1, -0.05) is 12.1 Å². The number of thioether (sulfide) groups is 1. The second-order valence-corrected chi connectivity index (χ2v) is 5.67. The summed E-state index contributed by atoms with van der Waals surface area (Å²) in [4.78, 5) is 38.8. The van der Waals surface area contributed by atoms with Crippen molar-refractivity contribution in [2.45, 2.75) is 31.3 Å². The predicted molar refractivity (Wildman–Crippen MR) is 76.2 cm³/mol. The van der Waals surface area contributed by atoms with Crippen molar-refractivity contribution in [2.24, 2.45) is 0 Å². The van der Waals surface area contributed by atoms with Gasteiger partial charge in [0, 0.05) is 10.9 Å². The van der Waals surface area contributed by atoms with Gasteiger partial charge in [-0.2, -0.15) is 0 Å². The number of rotatable bonds is 4. The molecule has 106 valence electrons. The summed E-state index contributed by atoms with van der Waals surface area (Å²) in [5.74, 6) is -1.50. The number of hydrogen-bond donors (Lipinski definition) is 0. The molecule has 1 heterocycles. The summed E-state index contributed by atoms with van der Waals surface area (Å²) in [7, 11) is 0. The summed E-state index contributed by atoms with van der Waals surface area (Å²) in [5, 5.41) is 0. The fraction of sp³-hybridized carbons (Fsp3) is 0.357. The molecule has 5 nitrogen and oxygen atoms in total. The molecule has 0 aliphatic carbocycles. The molecule has 1 aromatic rings. The Labute approximate surface area is 121 Å². The Morgan fingerprint density at radius 1 is 1.05 bits per heavy atom. The van der Waals surface area contributed by atoms with Crippen molar-refractivity contribution in [3.8, 4) is 0 Å². The van der Waals surface area contributed by atoms with E-state index in [-0.39, 0.29) is 12.6 Å². The first-order valence-electron chi connectivity index (χ1n) is 6.27. The van der Waals surface area contributed by atoms with Crippen LogP contribution >= 0.6 is 11.8 Å². The van der Waals surface area contributed by atoms with Gasteiger partial charge in [0.15, 0.2) is 0 Å². The first-order valence-corrected chi connectivity index (χ1v) is 7.50. The standard InChI is InChI=1S/C14H16N2O3S/c1-9(2)16-13(18)12(17)15(14(16)19)8-10-4-6-11(20-3)7-5-10/h4-7,9H,8H2,1-3H3. The minimum Gasteiger partial charge on any atom is -0.263 e. The van der Waals surface area contributed by atoms with E-state index in [1.165, 1.54) is 0 Å². The minimum atomic E-state index is -0.752. The Bertz CT molecular complexity index is 554. The zero-order valence-electron chi connectivity index (χ0n) is 11.6. The lowest BCUT2D eigenvalue weighted by Gasteiger charge is -2.18. The summed E-state index contributed by atoms with van der Waals surface area (Å²) in [6.07, 6.45) is 1.97. The SMILES string of the molecule is CSc1ccc(CN2C(=O)C(=O)N(C(C)C)C2=O)cc1. The molecular weight excluding hydrogens is 276 g/mol. The van der Waals surface area contributed by atoms with Crippen LogP contribution in [-0.4, -0.2) is 39.9 Å². The van der Waals surface area contributed by atoms with Crippen LogP contribution in [0.2, 0.25) is 0 Å².